The van der Waals surface area contributed by atoms with E-state index >= 15 is 0 Å². The van der Waals surface area contributed by atoms with E-state index in [0.717, 1.165) is 13.0 Å². The van der Waals surface area contributed by atoms with Gasteiger partial charge in [0.05, 0.1) is 6.54 Å². The van der Waals surface area contributed by atoms with Crippen molar-refractivity contribution >= 4 is 5.91 Å². The van der Waals surface area contributed by atoms with Gasteiger partial charge in [0.15, 0.2) is 0 Å². The fourth-order valence-corrected chi connectivity index (χ4v) is 2.73. The van der Waals surface area contributed by atoms with Gasteiger partial charge in [-0.2, -0.15) is 0 Å². The summed E-state index contributed by atoms with van der Waals surface area (Å²) >= 11 is 0. The van der Waals surface area contributed by atoms with Crippen molar-refractivity contribution in [2.24, 2.45) is 0 Å². The van der Waals surface area contributed by atoms with Crippen molar-refractivity contribution < 1.29 is 4.79 Å². The fourth-order valence-electron chi connectivity index (χ4n) is 2.73. The molecule has 19 heavy (non-hydrogen) atoms. The van der Waals surface area contributed by atoms with Crippen molar-refractivity contribution in [2.75, 3.05) is 27.2 Å². The first-order chi connectivity index (χ1) is 9.00. The molecule has 1 fully saturated rings. The minimum absolute atomic E-state index is 0.118. The van der Waals surface area contributed by atoms with E-state index in [9.17, 15) is 4.79 Å². The first kappa shape index (κ1) is 16.4. The molecule has 4 nitrogen and oxygen atoms in total. The second-order valence-corrected chi connectivity index (χ2v) is 6.15. The molecular weight excluding hydrogens is 238 g/mol. The van der Waals surface area contributed by atoms with Gasteiger partial charge in [-0.05, 0) is 40.3 Å². The van der Waals surface area contributed by atoms with Crippen LogP contribution in [-0.2, 0) is 4.79 Å². The van der Waals surface area contributed by atoms with Crippen molar-refractivity contribution in [1.29, 1.82) is 0 Å². The normalized spacial score (nSPS) is 20.3. The van der Waals surface area contributed by atoms with Crippen LogP contribution in [-0.4, -0.2) is 49.6 Å². The molecule has 0 radical (unpaired) electrons. The SMILES string of the molecule is CCC(C)NCC(=O)NCC1(N(C)C)CCCCC1. The zero-order valence-electron chi connectivity index (χ0n) is 13.1. The molecule has 0 aromatic heterocycles. The van der Waals surface area contributed by atoms with Crippen molar-refractivity contribution in [1.82, 2.24) is 15.5 Å². The monoisotopic (exact) mass is 269 g/mol. The molecule has 112 valence electrons. The van der Waals surface area contributed by atoms with E-state index in [0.29, 0.717) is 12.6 Å². The van der Waals surface area contributed by atoms with Crippen LogP contribution < -0.4 is 10.6 Å². The molecule has 0 saturated heterocycles. The molecule has 0 spiro atoms. The molecule has 0 aromatic rings. The van der Waals surface area contributed by atoms with Crippen molar-refractivity contribution in [3.8, 4) is 0 Å². The first-order valence-corrected chi connectivity index (χ1v) is 7.67. The smallest absolute Gasteiger partial charge is 0.234 e. The number of rotatable bonds is 7. The lowest BCUT2D eigenvalue weighted by Gasteiger charge is -2.43. The maximum Gasteiger partial charge on any atom is 0.234 e. The Labute approximate surface area is 118 Å². The largest absolute Gasteiger partial charge is 0.353 e. The highest BCUT2D eigenvalue weighted by molar-refractivity contribution is 5.78. The maximum atomic E-state index is 11.9. The number of likely N-dealkylation sites (N-methyl/N-ethyl adjacent to an activating group) is 1. The van der Waals surface area contributed by atoms with Crippen LogP contribution in [0.1, 0.15) is 52.4 Å². The highest BCUT2D eigenvalue weighted by Crippen LogP contribution is 2.31. The van der Waals surface area contributed by atoms with Crippen LogP contribution in [0.15, 0.2) is 0 Å². The van der Waals surface area contributed by atoms with Crippen LogP contribution in [0.4, 0.5) is 0 Å². The third-order valence-corrected chi connectivity index (χ3v) is 4.57. The Hall–Kier alpha value is -0.610. The lowest BCUT2D eigenvalue weighted by atomic mass is 9.80. The van der Waals surface area contributed by atoms with Gasteiger partial charge in [-0.3, -0.25) is 4.79 Å². The molecular formula is C15H31N3O. The minimum atomic E-state index is 0.118. The van der Waals surface area contributed by atoms with E-state index in [1.807, 2.05) is 0 Å². The summed E-state index contributed by atoms with van der Waals surface area (Å²) in [7, 11) is 4.27. The van der Waals surface area contributed by atoms with Crippen molar-refractivity contribution in [3.63, 3.8) is 0 Å². The Balaban J connectivity index is 2.37. The first-order valence-electron chi connectivity index (χ1n) is 7.67. The van der Waals surface area contributed by atoms with Gasteiger partial charge in [-0.25, -0.2) is 0 Å². The number of hydrogen-bond donors (Lipinski definition) is 2. The summed E-state index contributed by atoms with van der Waals surface area (Å²) in [4.78, 5) is 14.2. The van der Waals surface area contributed by atoms with Gasteiger partial charge >= 0.3 is 0 Å². The minimum Gasteiger partial charge on any atom is -0.353 e. The Morgan fingerprint density at radius 2 is 1.89 bits per heavy atom. The van der Waals surface area contributed by atoms with E-state index in [2.05, 4.69) is 43.5 Å². The third-order valence-electron chi connectivity index (χ3n) is 4.57. The van der Waals surface area contributed by atoms with Gasteiger partial charge < -0.3 is 15.5 Å². The van der Waals surface area contributed by atoms with Crippen LogP contribution in [0.2, 0.25) is 0 Å². The molecule has 0 aliphatic heterocycles. The molecule has 1 aliphatic rings. The average molecular weight is 269 g/mol. The molecule has 0 aromatic carbocycles. The summed E-state index contributed by atoms with van der Waals surface area (Å²) in [6.07, 6.45) is 7.32. The van der Waals surface area contributed by atoms with Crippen molar-refractivity contribution in [3.05, 3.63) is 0 Å². The number of nitrogens with zero attached hydrogens (tertiary/aromatic N) is 1. The number of amides is 1. The Bertz CT molecular complexity index is 273. The molecule has 0 bridgehead atoms. The summed E-state index contributed by atoms with van der Waals surface area (Å²) in [5, 5.41) is 6.35. The van der Waals surface area contributed by atoms with Gasteiger partial charge in [-0.1, -0.05) is 26.2 Å². The predicted molar refractivity (Wildman–Crippen MR) is 80.3 cm³/mol. The highest BCUT2D eigenvalue weighted by Gasteiger charge is 2.34. The molecule has 2 N–H and O–H groups in total. The van der Waals surface area contributed by atoms with Gasteiger partial charge in [0, 0.05) is 18.1 Å². The van der Waals surface area contributed by atoms with Gasteiger partial charge in [0.2, 0.25) is 5.91 Å². The lowest BCUT2D eigenvalue weighted by Crippen LogP contribution is -2.54. The van der Waals surface area contributed by atoms with E-state index < -0.39 is 0 Å². The number of nitrogens with one attached hydrogen (secondary N) is 2. The summed E-state index contributed by atoms with van der Waals surface area (Å²) in [5.74, 6) is 0.118. The zero-order valence-corrected chi connectivity index (χ0v) is 13.1. The van der Waals surface area contributed by atoms with Crippen LogP contribution in [0.3, 0.4) is 0 Å². The van der Waals surface area contributed by atoms with E-state index in [4.69, 9.17) is 0 Å². The van der Waals surface area contributed by atoms with Crippen LogP contribution in [0.5, 0.6) is 0 Å². The van der Waals surface area contributed by atoms with Crippen molar-refractivity contribution in [2.45, 2.75) is 64.0 Å². The maximum absolute atomic E-state index is 11.9. The summed E-state index contributed by atoms with van der Waals surface area (Å²) in [6, 6.07) is 0.406. The van der Waals surface area contributed by atoms with Gasteiger partial charge in [0.1, 0.15) is 0 Å². The molecule has 0 heterocycles. The van der Waals surface area contributed by atoms with Crippen LogP contribution >= 0.6 is 0 Å². The highest BCUT2D eigenvalue weighted by atomic mass is 16.1. The van der Waals surface area contributed by atoms with Gasteiger partial charge in [0.25, 0.3) is 0 Å². The fraction of sp³-hybridized carbons (Fsp3) is 0.933. The number of hydrogen-bond acceptors (Lipinski definition) is 3. The van der Waals surface area contributed by atoms with E-state index in [-0.39, 0.29) is 11.4 Å². The quantitative estimate of drug-likeness (QED) is 0.740. The molecule has 1 rings (SSSR count). The topological polar surface area (TPSA) is 44.4 Å². The standard InChI is InChI=1S/C15H31N3O/c1-5-13(2)16-11-14(19)17-12-15(18(3)4)9-7-6-8-10-15/h13,16H,5-12H2,1-4H3,(H,17,19). The Morgan fingerprint density at radius 3 is 2.42 bits per heavy atom. The molecule has 4 heteroatoms. The zero-order chi connectivity index (χ0) is 14.3. The second-order valence-electron chi connectivity index (χ2n) is 6.15. The molecule has 1 amide bonds. The molecule has 1 aliphatic carbocycles. The third kappa shape index (κ3) is 5.11. The van der Waals surface area contributed by atoms with Crippen LogP contribution in [0, 0.1) is 0 Å². The molecule has 1 unspecified atom stereocenters. The number of carbonyl (C=O) groups is 1. The molecule has 1 saturated carbocycles. The average Bonchev–Trinajstić information content (AvgIpc) is 2.43. The van der Waals surface area contributed by atoms with E-state index in [1.165, 1.54) is 32.1 Å². The van der Waals surface area contributed by atoms with Gasteiger partial charge in [-0.15, -0.1) is 0 Å². The lowest BCUT2D eigenvalue weighted by molar-refractivity contribution is -0.121. The second kappa shape index (κ2) is 7.85. The molecule has 1 atom stereocenters. The summed E-state index contributed by atoms with van der Waals surface area (Å²) < 4.78 is 0. The number of carbonyl (C=O) groups excluding carboxylic acids is 1. The summed E-state index contributed by atoms with van der Waals surface area (Å²) in [5.41, 5.74) is 0.171. The van der Waals surface area contributed by atoms with Crippen LogP contribution in [0.25, 0.3) is 0 Å². The summed E-state index contributed by atoms with van der Waals surface area (Å²) in [6.45, 7) is 5.44. The Kier molecular flexibility index (Phi) is 6.80. The Morgan fingerprint density at radius 1 is 1.26 bits per heavy atom. The van der Waals surface area contributed by atoms with E-state index in [1.54, 1.807) is 0 Å². The predicted octanol–water partition coefficient (Wildman–Crippen LogP) is 1.76.